The molecule has 2 heterocycles. The van der Waals surface area contributed by atoms with Crippen LogP contribution in [0.3, 0.4) is 0 Å². The smallest absolute Gasteiger partial charge is 0.221 e. The predicted molar refractivity (Wildman–Crippen MR) is 82.4 cm³/mol. The fraction of sp³-hybridized carbons (Fsp3) is 0.533. The minimum Gasteiger partial charge on any atom is -0.378 e. The van der Waals surface area contributed by atoms with Gasteiger partial charge in [-0.25, -0.2) is 4.68 Å². The van der Waals surface area contributed by atoms with Crippen LogP contribution in [0.15, 0.2) is 24.3 Å². The minimum absolute atomic E-state index is 0.0615. The van der Waals surface area contributed by atoms with Gasteiger partial charge in [0.05, 0.1) is 18.7 Å². The SMILES string of the molecule is O=C(C[C@@H]1COCCN1)NCCCn1nnc2ccccc21. The van der Waals surface area contributed by atoms with E-state index in [1.807, 2.05) is 28.9 Å². The molecule has 0 bridgehead atoms. The van der Waals surface area contributed by atoms with Gasteiger partial charge >= 0.3 is 0 Å². The molecule has 3 rings (SSSR count). The van der Waals surface area contributed by atoms with Gasteiger partial charge in [-0.15, -0.1) is 5.10 Å². The van der Waals surface area contributed by atoms with E-state index >= 15 is 0 Å². The Bertz CT molecular complexity index is 621. The maximum absolute atomic E-state index is 11.8. The predicted octanol–water partition coefficient (Wildman–Crippen LogP) is 0.316. The van der Waals surface area contributed by atoms with Crippen LogP contribution in [0.5, 0.6) is 0 Å². The summed E-state index contributed by atoms with van der Waals surface area (Å²) in [4.78, 5) is 11.8. The Balaban J connectivity index is 1.39. The van der Waals surface area contributed by atoms with E-state index in [-0.39, 0.29) is 11.9 Å². The second kappa shape index (κ2) is 7.33. The Labute approximate surface area is 129 Å². The number of hydrogen-bond acceptors (Lipinski definition) is 5. The number of para-hydroxylation sites is 1. The number of aromatic nitrogens is 3. The summed E-state index contributed by atoms with van der Waals surface area (Å²) in [5.74, 6) is 0.0615. The Morgan fingerprint density at radius 2 is 2.36 bits per heavy atom. The number of hydrogen-bond donors (Lipinski definition) is 2. The molecule has 118 valence electrons. The Morgan fingerprint density at radius 1 is 1.45 bits per heavy atom. The minimum atomic E-state index is 0.0615. The van der Waals surface area contributed by atoms with Gasteiger partial charge in [-0.2, -0.15) is 0 Å². The van der Waals surface area contributed by atoms with Gasteiger partial charge in [-0.05, 0) is 18.6 Å². The fourth-order valence-corrected chi connectivity index (χ4v) is 2.59. The lowest BCUT2D eigenvalue weighted by Gasteiger charge is -2.23. The standard InChI is InChI=1S/C15H21N5O2/c21-15(10-12-11-22-9-7-16-12)17-6-3-8-20-14-5-2-1-4-13(14)18-19-20/h1-2,4-5,12,16H,3,6-11H2,(H,17,21)/t12-/m1/s1. The third-order valence-electron chi connectivity index (χ3n) is 3.72. The molecule has 22 heavy (non-hydrogen) atoms. The number of ether oxygens (including phenoxy) is 1. The van der Waals surface area contributed by atoms with Crippen molar-refractivity contribution < 1.29 is 9.53 Å². The Morgan fingerprint density at radius 3 is 3.23 bits per heavy atom. The molecule has 1 fully saturated rings. The number of fused-ring (bicyclic) bond motifs is 1. The normalized spacial score (nSPS) is 18.5. The third-order valence-corrected chi connectivity index (χ3v) is 3.72. The van der Waals surface area contributed by atoms with Crippen molar-refractivity contribution in [2.24, 2.45) is 0 Å². The lowest BCUT2D eigenvalue weighted by Crippen LogP contribution is -2.44. The molecular formula is C15H21N5O2. The highest BCUT2D eigenvalue weighted by atomic mass is 16.5. The largest absolute Gasteiger partial charge is 0.378 e. The van der Waals surface area contributed by atoms with Crippen LogP contribution >= 0.6 is 0 Å². The van der Waals surface area contributed by atoms with E-state index in [0.717, 1.165) is 37.2 Å². The molecule has 0 spiro atoms. The van der Waals surface area contributed by atoms with E-state index in [0.29, 0.717) is 19.6 Å². The van der Waals surface area contributed by atoms with Crippen molar-refractivity contribution in [2.45, 2.75) is 25.4 Å². The van der Waals surface area contributed by atoms with E-state index in [1.54, 1.807) is 0 Å². The van der Waals surface area contributed by atoms with E-state index in [2.05, 4.69) is 20.9 Å². The summed E-state index contributed by atoms with van der Waals surface area (Å²) in [5, 5.41) is 14.5. The third kappa shape index (κ3) is 3.80. The highest BCUT2D eigenvalue weighted by Gasteiger charge is 2.16. The van der Waals surface area contributed by atoms with Crippen LogP contribution < -0.4 is 10.6 Å². The fourth-order valence-electron chi connectivity index (χ4n) is 2.59. The van der Waals surface area contributed by atoms with Gasteiger partial charge < -0.3 is 15.4 Å². The summed E-state index contributed by atoms with van der Waals surface area (Å²) < 4.78 is 7.21. The molecule has 1 aromatic carbocycles. The van der Waals surface area contributed by atoms with Crippen molar-refractivity contribution in [3.8, 4) is 0 Å². The van der Waals surface area contributed by atoms with Crippen LogP contribution in [0.4, 0.5) is 0 Å². The maximum atomic E-state index is 11.8. The number of carbonyl (C=O) groups is 1. The number of rotatable bonds is 6. The monoisotopic (exact) mass is 303 g/mol. The molecule has 0 radical (unpaired) electrons. The number of aryl methyl sites for hydroxylation is 1. The second-order valence-electron chi connectivity index (χ2n) is 5.43. The summed E-state index contributed by atoms with van der Waals surface area (Å²) in [6, 6.07) is 8.00. The molecule has 1 atom stereocenters. The molecule has 0 unspecified atom stereocenters. The average Bonchev–Trinajstić information content (AvgIpc) is 2.96. The summed E-state index contributed by atoms with van der Waals surface area (Å²) in [5.41, 5.74) is 1.92. The zero-order valence-electron chi connectivity index (χ0n) is 12.5. The van der Waals surface area contributed by atoms with Crippen LogP contribution in [0.1, 0.15) is 12.8 Å². The Hall–Kier alpha value is -1.99. The molecule has 1 aliphatic rings. The first-order valence-electron chi connectivity index (χ1n) is 7.69. The average molecular weight is 303 g/mol. The number of nitrogens with zero attached hydrogens (tertiary/aromatic N) is 3. The number of nitrogens with one attached hydrogen (secondary N) is 2. The zero-order chi connectivity index (χ0) is 15.2. The van der Waals surface area contributed by atoms with Crippen molar-refractivity contribution in [3.63, 3.8) is 0 Å². The van der Waals surface area contributed by atoms with Gasteiger partial charge in [0.2, 0.25) is 5.91 Å². The lowest BCUT2D eigenvalue weighted by molar-refractivity contribution is -0.122. The van der Waals surface area contributed by atoms with E-state index in [4.69, 9.17) is 4.74 Å². The van der Waals surface area contributed by atoms with E-state index in [9.17, 15) is 4.79 Å². The van der Waals surface area contributed by atoms with Crippen LogP contribution in [0.25, 0.3) is 11.0 Å². The molecule has 1 aromatic heterocycles. The van der Waals surface area contributed by atoms with E-state index < -0.39 is 0 Å². The Kier molecular flexibility index (Phi) is 4.97. The van der Waals surface area contributed by atoms with Crippen LogP contribution in [-0.2, 0) is 16.1 Å². The van der Waals surface area contributed by atoms with Gasteiger partial charge in [0.1, 0.15) is 5.52 Å². The first kappa shape index (κ1) is 14.9. The van der Waals surface area contributed by atoms with Gasteiger partial charge in [-0.3, -0.25) is 4.79 Å². The topological polar surface area (TPSA) is 81.1 Å². The van der Waals surface area contributed by atoms with Gasteiger partial charge in [0.15, 0.2) is 0 Å². The van der Waals surface area contributed by atoms with Crippen LogP contribution in [-0.4, -0.2) is 53.2 Å². The molecule has 1 aliphatic heterocycles. The lowest BCUT2D eigenvalue weighted by atomic mass is 10.2. The van der Waals surface area contributed by atoms with Crippen molar-refractivity contribution in [1.82, 2.24) is 25.6 Å². The van der Waals surface area contributed by atoms with Crippen molar-refractivity contribution in [2.75, 3.05) is 26.3 Å². The van der Waals surface area contributed by atoms with Crippen molar-refractivity contribution in [1.29, 1.82) is 0 Å². The molecule has 7 nitrogen and oxygen atoms in total. The molecule has 1 amide bonds. The summed E-state index contributed by atoms with van der Waals surface area (Å²) in [6.07, 6.45) is 1.29. The molecule has 2 N–H and O–H groups in total. The van der Waals surface area contributed by atoms with Gasteiger partial charge in [-0.1, -0.05) is 17.3 Å². The number of benzene rings is 1. The summed E-state index contributed by atoms with van der Waals surface area (Å²) >= 11 is 0. The number of amides is 1. The zero-order valence-corrected chi connectivity index (χ0v) is 12.5. The highest BCUT2D eigenvalue weighted by molar-refractivity contribution is 5.76. The van der Waals surface area contributed by atoms with Crippen LogP contribution in [0.2, 0.25) is 0 Å². The molecular weight excluding hydrogens is 282 g/mol. The highest BCUT2D eigenvalue weighted by Crippen LogP contribution is 2.09. The van der Waals surface area contributed by atoms with E-state index in [1.165, 1.54) is 0 Å². The van der Waals surface area contributed by atoms with Gasteiger partial charge in [0, 0.05) is 32.1 Å². The second-order valence-corrected chi connectivity index (χ2v) is 5.43. The molecule has 2 aromatic rings. The molecule has 1 saturated heterocycles. The quantitative estimate of drug-likeness (QED) is 0.751. The summed E-state index contributed by atoms with van der Waals surface area (Å²) in [6.45, 7) is 3.53. The molecule has 0 saturated carbocycles. The van der Waals surface area contributed by atoms with Crippen molar-refractivity contribution in [3.05, 3.63) is 24.3 Å². The number of carbonyl (C=O) groups excluding carboxylic acids is 1. The molecule has 7 heteroatoms. The first-order chi connectivity index (χ1) is 10.8. The number of morpholine rings is 1. The summed E-state index contributed by atoms with van der Waals surface area (Å²) in [7, 11) is 0. The first-order valence-corrected chi connectivity index (χ1v) is 7.69. The van der Waals surface area contributed by atoms with Gasteiger partial charge in [0.25, 0.3) is 0 Å². The van der Waals surface area contributed by atoms with Crippen molar-refractivity contribution >= 4 is 16.9 Å². The van der Waals surface area contributed by atoms with Crippen LogP contribution in [0, 0.1) is 0 Å². The molecule has 0 aliphatic carbocycles. The maximum Gasteiger partial charge on any atom is 0.221 e.